The number of halogens is 1. The fourth-order valence-electron chi connectivity index (χ4n) is 2.56. The molecule has 0 aromatic carbocycles. The Kier molecular flexibility index (Phi) is 5.39. The van der Waals surface area contributed by atoms with Crippen LogP contribution in [0.3, 0.4) is 0 Å². The summed E-state index contributed by atoms with van der Waals surface area (Å²) in [6.07, 6.45) is 5.82. The summed E-state index contributed by atoms with van der Waals surface area (Å²) in [5.74, 6) is 0.473. The van der Waals surface area contributed by atoms with Crippen LogP contribution in [0, 0.1) is 0 Å². The van der Waals surface area contributed by atoms with E-state index in [1.807, 2.05) is 6.92 Å². The van der Waals surface area contributed by atoms with Gasteiger partial charge in [-0.25, -0.2) is 9.97 Å². The minimum atomic E-state index is -0.135. The van der Waals surface area contributed by atoms with Crippen molar-refractivity contribution in [3.8, 4) is 0 Å². The highest BCUT2D eigenvalue weighted by atomic mass is 35.5. The topological polar surface area (TPSA) is 49.3 Å². The lowest BCUT2D eigenvalue weighted by Gasteiger charge is -2.25. The van der Waals surface area contributed by atoms with Gasteiger partial charge in [-0.2, -0.15) is 0 Å². The molecule has 2 rings (SSSR count). The predicted octanol–water partition coefficient (Wildman–Crippen LogP) is 2.99. The molecule has 1 aliphatic heterocycles. The normalized spacial score (nSPS) is 16.1. The molecule has 1 fully saturated rings. The maximum absolute atomic E-state index is 12.6. The largest absolute Gasteiger partial charge is 0.341 e. The molecule has 1 amide bonds. The zero-order valence-corrected chi connectivity index (χ0v) is 13.7. The Labute approximate surface area is 131 Å². The first-order valence-corrected chi connectivity index (χ1v) is 7.97. The molecule has 2 heterocycles. The molecule has 5 nitrogen and oxygen atoms in total. The Morgan fingerprint density at radius 1 is 1.48 bits per heavy atom. The van der Waals surface area contributed by atoms with Gasteiger partial charge < -0.3 is 9.80 Å². The van der Waals surface area contributed by atoms with E-state index in [1.165, 1.54) is 6.20 Å². The average molecular weight is 311 g/mol. The van der Waals surface area contributed by atoms with Gasteiger partial charge in [0.25, 0.3) is 5.91 Å². The highest BCUT2D eigenvalue weighted by molar-refractivity contribution is 6.33. The van der Waals surface area contributed by atoms with Crippen molar-refractivity contribution in [2.45, 2.75) is 45.6 Å². The van der Waals surface area contributed by atoms with Crippen molar-refractivity contribution in [1.29, 1.82) is 0 Å². The number of nitrogens with zero attached hydrogens (tertiary/aromatic N) is 4. The van der Waals surface area contributed by atoms with Crippen LogP contribution in [0.5, 0.6) is 0 Å². The molecule has 1 aromatic rings. The molecule has 1 aromatic heterocycles. The van der Waals surface area contributed by atoms with Gasteiger partial charge >= 0.3 is 0 Å². The SMILES string of the molecule is CCCC(C)N(C)C(=O)c1nc(N2CCCC2)ncc1Cl. The highest BCUT2D eigenvalue weighted by Gasteiger charge is 2.23. The van der Waals surface area contributed by atoms with Crippen molar-refractivity contribution < 1.29 is 4.79 Å². The summed E-state index contributed by atoms with van der Waals surface area (Å²) in [4.78, 5) is 25.1. The predicted molar refractivity (Wildman–Crippen MR) is 85.0 cm³/mol. The number of carbonyl (C=O) groups excluding carboxylic acids is 1. The second kappa shape index (κ2) is 7.07. The summed E-state index contributed by atoms with van der Waals surface area (Å²) >= 11 is 6.13. The van der Waals surface area contributed by atoms with Gasteiger partial charge in [0.05, 0.1) is 11.2 Å². The standard InChI is InChI=1S/C15H23ClN4O/c1-4-7-11(2)19(3)14(21)13-12(16)10-17-15(18-13)20-8-5-6-9-20/h10-11H,4-9H2,1-3H3. The smallest absolute Gasteiger partial charge is 0.274 e. The third-order valence-electron chi connectivity index (χ3n) is 4.01. The summed E-state index contributed by atoms with van der Waals surface area (Å²) in [6.45, 7) is 6.03. The highest BCUT2D eigenvalue weighted by Crippen LogP contribution is 2.21. The molecule has 1 unspecified atom stereocenters. The van der Waals surface area contributed by atoms with Crippen LogP contribution in [0.2, 0.25) is 5.02 Å². The number of rotatable bonds is 5. The van der Waals surface area contributed by atoms with Gasteiger partial charge in [0.2, 0.25) is 5.95 Å². The van der Waals surface area contributed by atoms with Crippen LogP contribution in [-0.2, 0) is 0 Å². The summed E-state index contributed by atoms with van der Waals surface area (Å²) in [7, 11) is 1.80. The molecule has 0 aliphatic carbocycles. The van der Waals surface area contributed by atoms with Crippen LogP contribution >= 0.6 is 11.6 Å². The van der Waals surface area contributed by atoms with Gasteiger partial charge in [-0.05, 0) is 26.2 Å². The monoisotopic (exact) mass is 310 g/mol. The van der Waals surface area contributed by atoms with Gasteiger partial charge in [-0.3, -0.25) is 4.79 Å². The molecule has 1 aliphatic rings. The summed E-state index contributed by atoms with van der Waals surface area (Å²) in [5, 5.41) is 0.318. The number of hydrogen-bond acceptors (Lipinski definition) is 4. The lowest BCUT2D eigenvalue weighted by Crippen LogP contribution is -2.36. The molecule has 1 atom stereocenters. The summed E-state index contributed by atoms with van der Waals surface area (Å²) in [5.41, 5.74) is 0.305. The number of amides is 1. The van der Waals surface area contributed by atoms with Crippen LogP contribution in [0.25, 0.3) is 0 Å². The molecule has 116 valence electrons. The number of carbonyl (C=O) groups is 1. The molecular weight excluding hydrogens is 288 g/mol. The lowest BCUT2D eigenvalue weighted by molar-refractivity contribution is 0.0731. The van der Waals surface area contributed by atoms with Crippen molar-refractivity contribution in [1.82, 2.24) is 14.9 Å². The van der Waals surface area contributed by atoms with E-state index in [9.17, 15) is 4.79 Å². The molecule has 21 heavy (non-hydrogen) atoms. The van der Waals surface area contributed by atoms with E-state index >= 15 is 0 Å². The minimum absolute atomic E-state index is 0.135. The second-order valence-electron chi connectivity index (χ2n) is 5.61. The fourth-order valence-corrected chi connectivity index (χ4v) is 2.73. The van der Waals surface area contributed by atoms with E-state index < -0.39 is 0 Å². The van der Waals surface area contributed by atoms with Gasteiger partial charge in [0.1, 0.15) is 0 Å². The summed E-state index contributed by atoms with van der Waals surface area (Å²) in [6, 6.07) is 0.170. The Hall–Kier alpha value is -1.36. The van der Waals surface area contributed by atoms with E-state index in [0.717, 1.165) is 38.8 Å². The third kappa shape index (κ3) is 3.64. The van der Waals surface area contributed by atoms with E-state index in [4.69, 9.17) is 11.6 Å². The van der Waals surface area contributed by atoms with Crippen LogP contribution in [0.1, 0.15) is 50.0 Å². The molecule has 6 heteroatoms. The number of anilines is 1. The maximum atomic E-state index is 12.6. The Balaban J connectivity index is 2.21. The molecule has 0 radical (unpaired) electrons. The van der Waals surface area contributed by atoms with Crippen molar-refractivity contribution >= 4 is 23.5 Å². The van der Waals surface area contributed by atoms with E-state index in [2.05, 4.69) is 21.8 Å². The second-order valence-corrected chi connectivity index (χ2v) is 6.02. The van der Waals surface area contributed by atoms with Gasteiger partial charge in [0.15, 0.2) is 5.69 Å². The molecule has 0 N–H and O–H groups in total. The van der Waals surface area contributed by atoms with Gasteiger partial charge in [-0.1, -0.05) is 24.9 Å². The zero-order chi connectivity index (χ0) is 15.4. The molecule has 0 bridgehead atoms. The fraction of sp³-hybridized carbons (Fsp3) is 0.667. The lowest BCUT2D eigenvalue weighted by atomic mass is 10.1. The van der Waals surface area contributed by atoms with Gasteiger partial charge in [0, 0.05) is 26.2 Å². The van der Waals surface area contributed by atoms with Crippen LogP contribution in [0.15, 0.2) is 6.20 Å². The van der Waals surface area contributed by atoms with Crippen molar-refractivity contribution in [3.05, 3.63) is 16.9 Å². The summed E-state index contributed by atoms with van der Waals surface area (Å²) < 4.78 is 0. The number of aromatic nitrogens is 2. The Bertz CT molecular complexity index is 502. The van der Waals surface area contributed by atoms with E-state index in [1.54, 1.807) is 11.9 Å². The molecule has 0 saturated carbocycles. The van der Waals surface area contributed by atoms with Crippen LogP contribution in [0.4, 0.5) is 5.95 Å². The Morgan fingerprint density at radius 2 is 2.14 bits per heavy atom. The first-order valence-electron chi connectivity index (χ1n) is 7.59. The minimum Gasteiger partial charge on any atom is -0.341 e. The first kappa shape index (κ1) is 16.0. The molecule has 1 saturated heterocycles. The maximum Gasteiger partial charge on any atom is 0.274 e. The van der Waals surface area contributed by atoms with Crippen molar-refractivity contribution in [2.24, 2.45) is 0 Å². The third-order valence-corrected chi connectivity index (χ3v) is 4.29. The van der Waals surface area contributed by atoms with Crippen molar-refractivity contribution in [2.75, 3.05) is 25.0 Å². The molecular formula is C15H23ClN4O. The molecule has 0 spiro atoms. The van der Waals surface area contributed by atoms with Gasteiger partial charge in [-0.15, -0.1) is 0 Å². The Morgan fingerprint density at radius 3 is 2.76 bits per heavy atom. The van der Waals surface area contributed by atoms with Crippen LogP contribution in [-0.4, -0.2) is 47.0 Å². The number of hydrogen-bond donors (Lipinski definition) is 0. The van der Waals surface area contributed by atoms with E-state index in [-0.39, 0.29) is 11.9 Å². The quantitative estimate of drug-likeness (QED) is 0.839. The van der Waals surface area contributed by atoms with Crippen LogP contribution < -0.4 is 4.90 Å². The van der Waals surface area contributed by atoms with Crippen molar-refractivity contribution in [3.63, 3.8) is 0 Å². The average Bonchev–Trinajstić information content (AvgIpc) is 3.00. The first-order chi connectivity index (χ1) is 10.0. The zero-order valence-electron chi connectivity index (χ0n) is 13.0. The van der Waals surface area contributed by atoms with E-state index in [0.29, 0.717) is 16.7 Å².